The van der Waals surface area contributed by atoms with Crippen LogP contribution in [0, 0.1) is 5.92 Å². The quantitative estimate of drug-likeness (QED) is 0.383. The van der Waals surface area contributed by atoms with Crippen molar-refractivity contribution in [3.8, 4) is 11.5 Å². The van der Waals surface area contributed by atoms with Crippen LogP contribution >= 0.6 is 11.8 Å². The van der Waals surface area contributed by atoms with Crippen molar-refractivity contribution < 1.29 is 17.9 Å². The van der Waals surface area contributed by atoms with Crippen molar-refractivity contribution >= 4 is 33.2 Å². The summed E-state index contributed by atoms with van der Waals surface area (Å²) in [6.45, 7) is 0. The number of para-hydroxylation sites is 2. The van der Waals surface area contributed by atoms with E-state index in [4.69, 9.17) is 9.47 Å². The summed E-state index contributed by atoms with van der Waals surface area (Å²) in [6, 6.07) is 20.8. The van der Waals surface area contributed by atoms with Crippen LogP contribution in [0.3, 0.4) is 0 Å². The van der Waals surface area contributed by atoms with Crippen LogP contribution in [0.4, 0.5) is 11.4 Å². The molecule has 0 radical (unpaired) electrons. The Kier molecular flexibility index (Phi) is 6.09. The molecule has 1 aliphatic carbocycles. The van der Waals surface area contributed by atoms with Crippen LogP contribution in [0.25, 0.3) is 0 Å². The highest BCUT2D eigenvalue weighted by atomic mass is 32.2. The first-order chi connectivity index (χ1) is 17.5. The van der Waals surface area contributed by atoms with Crippen molar-refractivity contribution in [3.63, 3.8) is 0 Å². The summed E-state index contributed by atoms with van der Waals surface area (Å²) in [6.07, 6.45) is 5.66. The van der Waals surface area contributed by atoms with E-state index in [1.165, 1.54) is 12.7 Å². The minimum absolute atomic E-state index is 0.117. The number of thioether (sulfide) groups is 1. The van der Waals surface area contributed by atoms with Gasteiger partial charge in [0.2, 0.25) is 0 Å². The Morgan fingerprint density at radius 3 is 2.69 bits per heavy atom. The minimum atomic E-state index is -3.79. The molecule has 3 aromatic carbocycles. The molecule has 2 heterocycles. The van der Waals surface area contributed by atoms with Crippen molar-refractivity contribution in [3.05, 3.63) is 90.0 Å². The van der Waals surface area contributed by atoms with Gasteiger partial charge in [-0.3, -0.25) is 4.72 Å². The molecule has 6 rings (SSSR count). The molecule has 8 heteroatoms. The third kappa shape index (κ3) is 4.33. The third-order valence-corrected chi connectivity index (χ3v) is 9.70. The van der Waals surface area contributed by atoms with Crippen molar-refractivity contribution in [2.75, 3.05) is 28.7 Å². The Hall–Kier alpha value is -3.10. The molecule has 186 valence electrons. The zero-order valence-electron chi connectivity index (χ0n) is 19.9. The predicted molar refractivity (Wildman–Crippen MR) is 145 cm³/mol. The topological polar surface area (TPSA) is 76.7 Å². The Balaban J connectivity index is 1.29. The normalized spacial score (nSPS) is 22.6. The first kappa shape index (κ1) is 23.3. The molecule has 2 aliphatic heterocycles. The summed E-state index contributed by atoms with van der Waals surface area (Å²) in [7, 11) is -2.27. The van der Waals surface area contributed by atoms with Crippen LogP contribution in [0.2, 0.25) is 0 Å². The SMILES string of the molecule is COc1ccccc1NS(=O)(=O)c1ccc2c(c1)[C@H]1C=CC[C@H]1[C@@H](c1cccc(OC3CSC3)c1)N2. The van der Waals surface area contributed by atoms with E-state index in [9.17, 15) is 8.42 Å². The van der Waals surface area contributed by atoms with E-state index in [-0.39, 0.29) is 16.9 Å². The van der Waals surface area contributed by atoms with Gasteiger partial charge in [-0.2, -0.15) is 11.8 Å². The molecule has 0 bridgehead atoms. The standard InChI is InChI=1S/C28H28N2O4S2/c1-33-27-11-3-2-10-26(27)30-36(31,32)21-12-13-25-24(15-21)22-8-5-9-23(22)28(29-25)18-6-4-7-19(14-18)34-20-16-35-17-20/h2-8,10-15,20,22-23,28-30H,9,16-17H2,1H3/t22-,23+,28+/m0/s1. The molecule has 3 aliphatic rings. The number of methoxy groups -OCH3 is 1. The molecule has 3 aromatic rings. The fraction of sp³-hybridized carbons (Fsp3) is 0.286. The largest absolute Gasteiger partial charge is 0.495 e. The molecule has 0 spiro atoms. The Labute approximate surface area is 216 Å². The van der Waals surface area contributed by atoms with Crippen molar-refractivity contribution in [1.29, 1.82) is 0 Å². The lowest BCUT2D eigenvalue weighted by atomic mass is 9.77. The first-order valence-electron chi connectivity index (χ1n) is 12.1. The molecular formula is C28H28N2O4S2. The van der Waals surface area contributed by atoms with Gasteiger partial charge in [0, 0.05) is 23.1 Å². The smallest absolute Gasteiger partial charge is 0.262 e. The lowest BCUT2D eigenvalue weighted by Gasteiger charge is -2.38. The summed E-state index contributed by atoms with van der Waals surface area (Å²) < 4.78 is 40.7. The molecule has 36 heavy (non-hydrogen) atoms. The number of hydrogen-bond acceptors (Lipinski definition) is 6. The number of rotatable bonds is 7. The fourth-order valence-corrected chi connectivity index (χ4v) is 6.93. The zero-order valence-corrected chi connectivity index (χ0v) is 21.5. The summed E-state index contributed by atoms with van der Waals surface area (Å²) in [5, 5.41) is 3.70. The number of allylic oxidation sites excluding steroid dienone is 2. The second-order valence-electron chi connectivity index (χ2n) is 9.38. The number of ether oxygens (including phenoxy) is 2. The van der Waals surface area contributed by atoms with Crippen LogP contribution < -0.4 is 19.5 Å². The van der Waals surface area contributed by atoms with Crippen LogP contribution in [0.5, 0.6) is 11.5 Å². The first-order valence-corrected chi connectivity index (χ1v) is 14.7. The molecule has 1 fully saturated rings. The summed E-state index contributed by atoms with van der Waals surface area (Å²) in [4.78, 5) is 0.236. The van der Waals surface area contributed by atoms with Gasteiger partial charge in [0.25, 0.3) is 10.0 Å². The number of nitrogens with one attached hydrogen (secondary N) is 2. The zero-order chi connectivity index (χ0) is 24.7. The van der Waals surface area contributed by atoms with E-state index in [0.717, 1.165) is 34.9 Å². The fourth-order valence-electron chi connectivity index (χ4n) is 5.26. The Bertz CT molecular complexity index is 1420. The lowest BCUT2D eigenvalue weighted by molar-refractivity contribution is 0.240. The van der Waals surface area contributed by atoms with Crippen molar-refractivity contribution in [1.82, 2.24) is 0 Å². The van der Waals surface area contributed by atoms with E-state index in [0.29, 0.717) is 23.5 Å². The average molecular weight is 521 g/mol. The van der Waals surface area contributed by atoms with Crippen LogP contribution in [0.15, 0.2) is 83.8 Å². The molecule has 0 aromatic heterocycles. The van der Waals surface area contributed by atoms with Gasteiger partial charge in [0.15, 0.2) is 0 Å². The molecule has 6 nitrogen and oxygen atoms in total. The van der Waals surface area contributed by atoms with Gasteiger partial charge in [-0.25, -0.2) is 8.42 Å². The highest BCUT2D eigenvalue weighted by molar-refractivity contribution is 8.00. The average Bonchev–Trinajstić information content (AvgIpc) is 3.36. The van der Waals surface area contributed by atoms with E-state index in [1.54, 1.807) is 36.4 Å². The van der Waals surface area contributed by atoms with Crippen LogP contribution in [-0.4, -0.2) is 33.1 Å². The highest BCUT2D eigenvalue weighted by Crippen LogP contribution is 2.50. The Morgan fingerprint density at radius 2 is 1.89 bits per heavy atom. The van der Waals surface area contributed by atoms with E-state index in [1.807, 2.05) is 23.9 Å². The van der Waals surface area contributed by atoms with E-state index >= 15 is 0 Å². The van der Waals surface area contributed by atoms with Gasteiger partial charge in [-0.1, -0.05) is 36.4 Å². The maximum atomic E-state index is 13.3. The second-order valence-corrected chi connectivity index (χ2v) is 12.1. The molecule has 1 saturated heterocycles. The highest BCUT2D eigenvalue weighted by Gasteiger charge is 2.38. The molecule has 3 atom stereocenters. The summed E-state index contributed by atoms with van der Waals surface area (Å²) in [5.41, 5.74) is 3.58. The van der Waals surface area contributed by atoms with Gasteiger partial charge in [-0.15, -0.1) is 0 Å². The number of benzene rings is 3. The molecular weight excluding hydrogens is 492 g/mol. The van der Waals surface area contributed by atoms with E-state index in [2.05, 4.69) is 40.4 Å². The van der Waals surface area contributed by atoms with E-state index < -0.39 is 10.0 Å². The maximum Gasteiger partial charge on any atom is 0.262 e. The molecule has 2 N–H and O–H groups in total. The van der Waals surface area contributed by atoms with Gasteiger partial charge >= 0.3 is 0 Å². The monoisotopic (exact) mass is 520 g/mol. The molecule has 0 saturated carbocycles. The number of anilines is 2. The third-order valence-electron chi connectivity index (χ3n) is 7.12. The maximum absolute atomic E-state index is 13.3. The molecule has 0 amide bonds. The number of hydrogen-bond donors (Lipinski definition) is 2. The van der Waals surface area contributed by atoms with Crippen molar-refractivity contribution in [2.24, 2.45) is 5.92 Å². The van der Waals surface area contributed by atoms with Gasteiger partial charge in [-0.05, 0) is 65.9 Å². The van der Waals surface area contributed by atoms with Crippen LogP contribution in [0.1, 0.15) is 29.5 Å². The number of fused-ring (bicyclic) bond motifs is 3. The van der Waals surface area contributed by atoms with Gasteiger partial charge in [0.1, 0.15) is 17.6 Å². The number of sulfonamides is 1. The van der Waals surface area contributed by atoms with Crippen LogP contribution in [-0.2, 0) is 10.0 Å². The summed E-state index contributed by atoms with van der Waals surface area (Å²) >= 11 is 1.91. The second kappa shape index (κ2) is 9.41. The van der Waals surface area contributed by atoms with Gasteiger partial charge in [0.05, 0.1) is 23.7 Å². The Morgan fingerprint density at radius 1 is 1.03 bits per heavy atom. The summed E-state index contributed by atoms with van der Waals surface area (Å²) in [5.74, 6) is 3.92. The van der Waals surface area contributed by atoms with Crippen molar-refractivity contribution in [2.45, 2.75) is 29.4 Å². The van der Waals surface area contributed by atoms with Gasteiger partial charge < -0.3 is 14.8 Å². The predicted octanol–water partition coefficient (Wildman–Crippen LogP) is 5.82. The minimum Gasteiger partial charge on any atom is -0.495 e. The molecule has 0 unspecified atom stereocenters. The lowest BCUT2D eigenvalue weighted by Crippen LogP contribution is -2.31.